The van der Waals surface area contributed by atoms with Gasteiger partial charge in [-0.3, -0.25) is 4.90 Å². The molecule has 1 N–H and O–H groups in total. The number of hydrogen-bond donors (Lipinski definition) is 1. The summed E-state index contributed by atoms with van der Waals surface area (Å²) in [7, 11) is 3.60. The third-order valence-electron chi connectivity index (χ3n) is 2.42. The van der Waals surface area contributed by atoms with E-state index >= 15 is 0 Å². The average Bonchev–Trinajstić information content (AvgIpc) is 2.17. The molecule has 0 heterocycles. The maximum atomic E-state index is 9.59. The molecule has 0 saturated heterocycles. The summed E-state index contributed by atoms with van der Waals surface area (Å²) in [5.41, 5.74) is 2.54. The topological polar surface area (TPSA) is 32.7 Å². The smallest absolute Gasteiger partial charge is 0.0900 e. The minimum atomic E-state index is -0.417. The fourth-order valence-electron chi connectivity index (χ4n) is 1.79. The van der Waals surface area contributed by atoms with E-state index in [9.17, 15) is 5.11 Å². The Kier molecular flexibility index (Phi) is 5.46. The zero-order valence-electron chi connectivity index (χ0n) is 10.3. The number of nitrogens with zero attached hydrogens (tertiary/aromatic N) is 1. The van der Waals surface area contributed by atoms with Gasteiger partial charge in [0, 0.05) is 20.2 Å². The minimum Gasteiger partial charge on any atom is -0.389 e. The van der Waals surface area contributed by atoms with Crippen LogP contribution in [0.3, 0.4) is 0 Å². The van der Waals surface area contributed by atoms with Gasteiger partial charge in [0.05, 0.1) is 12.7 Å². The van der Waals surface area contributed by atoms with E-state index in [0.29, 0.717) is 13.2 Å². The lowest BCUT2D eigenvalue weighted by Crippen LogP contribution is -2.31. The Bertz CT molecular complexity index is 315. The first-order valence-corrected chi connectivity index (χ1v) is 5.53. The molecule has 1 unspecified atom stereocenters. The van der Waals surface area contributed by atoms with Gasteiger partial charge in [-0.25, -0.2) is 0 Å². The minimum absolute atomic E-state index is 0.387. The van der Waals surface area contributed by atoms with Crippen LogP contribution >= 0.6 is 0 Å². The van der Waals surface area contributed by atoms with Gasteiger partial charge in [0.15, 0.2) is 0 Å². The summed E-state index contributed by atoms with van der Waals surface area (Å²) < 4.78 is 4.90. The van der Waals surface area contributed by atoms with Crippen LogP contribution < -0.4 is 0 Å². The number of aliphatic hydroxyl groups is 1. The maximum Gasteiger partial charge on any atom is 0.0900 e. The van der Waals surface area contributed by atoms with Crippen LogP contribution in [0.4, 0.5) is 0 Å². The van der Waals surface area contributed by atoms with Crippen molar-refractivity contribution in [2.45, 2.75) is 19.6 Å². The summed E-state index contributed by atoms with van der Waals surface area (Å²) in [6.07, 6.45) is -0.417. The summed E-state index contributed by atoms with van der Waals surface area (Å²) in [6, 6.07) is 8.42. The van der Waals surface area contributed by atoms with Gasteiger partial charge >= 0.3 is 0 Å². The van der Waals surface area contributed by atoms with Gasteiger partial charge in [0.1, 0.15) is 0 Å². The molecule has 0 radical (unpaired) electrons. The third-order valence-corrected chi connectivity index (χ3v) is 2.42. The van der Waals surface area contributed by atoms with Gasteiger partial charge in [0.25, 0.3) is 0 Å². The molecule has 3 nitrogen and oxygen atoms in total. The van der Waals surface area contributed by atoms with Crippen molar-refractivity contribution in [2.24, 2.45) is 0 Å². The molecular formula is C13H21NO2. The van der Waals surface area contributed by atoms with Crippen molar-refractivity contribution in [3.8, 4) is 0 Å². The van der Waals surface area contributed by atoms with Crippen LogP contribution in [0.25, 0.3) is 0 Å². The zero-order chi connectivity index (χ0) is 12.0. The molecule has 1 aromatic rings. The van der Waals surface area contributed by atoms with E-state index in [0.717, 1.165) is 6.54 Å². The quantitative estimate of drug-likeness (QED) is 0.792. The highest BCUT2D eigenvalue weighted by molar-refractivity contribution is 5.21. The predicted octanol–water partition coefficient (Wildman–Crippen LogP) is 1.43. The van der Waals surface area contributed by atoms with E-state index < -0.39 is 6.10 Å². The van der Waals surface area contributed by atoms with Crippen molar-refractivity contribution < 1.29 is 9.84 Å². The number of ether oxygens (including phenoxy) is 1. The Morgan fingerprint density at radius 2 is 2.19 bits per heavy atom. The highest BCUT2D eigenvalue weighted by Crippen LogP contribution is 2.06. The molecule has 0 fully saturated rings. The Balaban J connectivity index is 2.42. The largest absolute Gasteiger partial charge is 0.389 e. The molecule has 0 saturated carbocycles. The molecule has 0 aliphatic rings. The molecular weight excluding hydrogens is 202 g/mol. The number of aryl methyl sites for hydroxylation is 1. The highest BCUT2D eigenvalue weighted by Gasteiger charge is 2.08. The Labute approximate surface area is 97.7 Å². The van der Waals surface area contributed by atoms with Crippen LogP contribution in [-0.2, 0) is 11.3 Å². The van der Waals surface area contributed by atoms with E-state index in [1.807, 2.05) is 7.05 Å². The summed E-state index contributed by atoms with van der Waals surface area (Å²) >= 11 is 0. The molecule has 1 rings (SSSR count). The van der Waals surface area contributed by atoms with Crippen molar-refractivity contribution in [1.29, 1.82) is 0 Å². The van der Waals surface area contributed by atoms with Crippen LogP contribution in [-0.4, -0.2) is 43.4 Å². The summed E-state index contributed by atoms with van der Waals surface area (Å²) in [5.74, 6) is 0. The van der Waals surface area contributed by atoms with E-state index in [1.54, 1.807) is 7.11 Å². The van der Waals surface area contributed by atoms with Crippen molar-refractivity contribution in [2.75, 3.05) is 27.3 Å². The standard InChI is InChI=1S/C13H21NO2/c1-11-5-4-6-12(7-11)8-14(2)9-13(15)10-16-3/h4-7,13,15H,8-10H2,1-3H3. The molecule has 1 aromatic carbocycles. The van der Waals surface area contributed by atoms with Crippen LogP contribution in [0, 0.1) is 6.92 Å². The second-order valence-electron chi connectivity index (χ2n) is 4.29. The lowest BCUT2D eigenvalue weighted by molar-refractivity contribution is 0.0419. The Hall–Kier alpha value is -0.900. The average molecular weight is 223 g/mol. The van der Waals surface area contributed by atoms with E-state index in [4.69, 9.17) is 4.74 Å². The number of rotatable bonds is 6. The number of methoxy groups -OCH3 is 1. The van der Waals surface area contributed by atoms with Crippen molar-refractivity contribution >= 4 is 0 Å². The van der Waals surface area contributed by atoms with Gasteiger partial charge in [-0.1, -0.05) is 29.8 Å². The van der Waals surface area contributed by atoms with E-state index in [1.165, 1.54) is 11.1 Å². The number of likely N-dealkylation sites (N-methyl/N-ethyl adjacent to an activating group) is 1. The second kappa shape index (κ2) is 6.63. The van der Waals surface area contributed by atoms with E-state index in [2.05, 4.69) is 36.1 Å². The fraction of sp³-hybridized carbons (Fsp3) is 0.538. The molecule has 0 spiro atoms. The van der Waals surface area contributed by atoms with Gasteiger partial charge < -0.3 is 9.84 Å². The normalized spacial score (nSPS) is 13.1. The Morgan fingerprint density at radius 3 is 2.81 bits per heavy atom. The second-order valence-corrected chi connectivity index (χ2v) is 4.29. The van der Waals surface area contributed by atoms with Crippen molar-refractivity contribution in [1.82, 2.24) is 4.90 Å². The molecule has 1 atom stereocenters. The van der Waals surface area contributed by atoms with Crippen LogP contribution in [0.1, 0.15) is 11.1 Å². The number of aliphatic hydroxyl groups excluding tert-OH is 1. The maximum absolute atomic E-state index is 9.59. The highest BCUT2D eigenvalue weighted by atomic mass is 16.5. The number of hydrogen-bond acceptors (Lipinski definition) is 3. The predicted molar refractivity (Wildman–Crippen MR) is 65.4 cm³/mol. The van der Waals surface area contributed by atoms with Crippen LogP contribution in [0.5, 0.6) is 0 Å². The first kappa shape index (κ1) is 13.2. The summed E-state index contributed by atoms with van der Waals surface area (Å²) in [5, 5.41) is 9.59. The van der Waals surface area contributed by atoms with Gasteiger partial charge in [-0.05, 0) is 19.5 Å². The van der Waals surface area contributed by atoms with Crippen LogP contribution in [0.15, 0.2) is 24.3 Å². The first-order chi connectivity index (χ1) is 7.61. The van der Waals surface area contributed by atoms with Crippen molar-refractivity contribution in [3.05, 3.63) is 35.4 Å². The third kappa shape index (κ3) is 4.75. The molecule has 3 heteroatoms. The van der Waals surface area contributed by atoms with Crippen LogP contribution in [0.2, 0.25) is 0 Å². The molecule has 0 aromatic heterocycles. The van der Waals surface area contributed by atoms with Crippen molar-refractivity contribution in [3.63, 3.8) is 0 Å². The molecule has 16 heavy (non-hydrogen) atoms. The molecule has 0 aliphatic heterocycles. The first-order valence-electron chi connectivity index (χ1n) is 5.53. The molecule has 0 aliphatic carbocycles. The zero-order valence-corrected chi connectivity index (χ0v) is 10.3. The summed E-state index contributed by atoms with van der Waals surface area (Å²) in [6.45, 7) is 3.95. The Morgan fingerprint density at radius 1 is 1.44 bits per heavy atom. The molecule has 0 amide bonds. The molecule has 0 bridgehead atoms. The summed E-state index contributed by atoms with van der Waals surface area (Å²) in [4.78, 5) is 2.10. The fourth-order valence-corrected chi connectivity index (χ4v) is 1.79. The van der Waals surface area contributed by atoms with Gasteiger partial charge in [-0.2, -0.15) is 0 Å². The lowest BCUT2D eigenvalue weighted by atomic mass is 10.1. The van der Waals surface area contributed by atoms with Gasteiger partial charge in [0.2, 0.25) is 0 Å². The SMILES string of the molecule is COCC(O)CN(C)Cc1cccc(C)c1. The van der Waals surface area contributed by atoms with Gasteiger partial charge in [-0.15, -0.1) is 0 Å². The monoisotopic (exact) mass is 223 g/mol. The molecule has 90 valence electrons. The lowest BCUT2D eigenvalue weighted by Gasteiger charge is -2.20. The number of benzene rings is 1. The van der Waals surface area contributed by atoms with E-state index in [-0.39, 0.29) is 0 Å².